The molecule has 1 heterocycles. The molecule has 0 N–H and O–H groups in total. The second-order valence-electron chi connectivity index (χ2n) is 2.91. The van der Waals surface area contributed by atoms with Gasteiger partial charge in [0.1, 0.15) is 12.4 Å². The molecule has 0 unspecified atom stereocenters. The van der Waals surface area contributed by atoms with Gasteiger partial charge in [0.2, 0.25) is 0 Å². The van der Waals surface area contributed by atoms with Crippen LogP contribution in [0.4, 0.5) is 0 Å². The van der Waals surface area contributed by atoms with Crippen LogP contribution in [0.25, 0.3) is 0 Å². The second-order valence-corrected chi connectivity index (χ2v) is 2.91. The highest BCUT2D eigenvalue weighted by molar-refractivity contribution is 5.16. The Hall–Kier alpha value is -1.77. The van der Waals surface area contributed by atoms with Crippen LogP contribution in [0.1, 0.15) is 11.3 Å². The molecule has 14 heavy (non-hydrogen) atoms. The first-order valence-corrected chi connectivity index (χ1v) is 4.30. The second kappa shape index (κ2) is 3.96. The van der Waals surface area contributed by atoms with E-state index in [4.69, 9.17) is 9.26 Å². The summed E-state index contributed by atoms with van der Waals surface area (Å²) in [5, 5.41) is 3.67. The maximum atomic E-state index is 5.37. The van der Waals surface area contributed by atoms with Crippen molar-refractivity contribution in [2.75, 3.05) is 0 Å². The number of hydrogen-bond donors (Lipinski definition) is 0. The number of benzene rings is 1. The normalized spacial score (nSPS) is 10.1. The Kier molecular flexibility index (Phi) is 2.49. The van der Waals surface area contributed by atoms with E-state index >= 15 is 0 Å². The molecule has 0 aliphatic heterocycles. The average Bonchev–Trinajstić information content (AvgIpc) is 2.63. The number of rotatable bonds is 3. The highest BCUT2D eigenvalue weighted by Crippen LogP contribution is 2.11. The van der Waals surface area contributed by atoms with Crippen molar-refractivity contribution in [1.29, 1.82) is 0 Å². The van der Waals surface area contributed by atoms with Gasteiger partial charge in [-0.05, 0) is 10.7 Å². The van der Waals surface area contributed by atoms with E-state index in [1.807, 2.05) is 30.3 Å². The zero-order valence-corrected chi connectivity index (χ0v) is 7.64. The number of nitrogens with zero attached hydrogens (tertiary/aromatic N) is 1. The molecule has 0 amide bonds. The summed E-state index contributed by atoms with van der Waals surface area (Å²) in [6.07, 6.45) is 0. The molecular weight excluding hydrogens is 178 g/mol. The van der Waals surface area contributed by atoms with Crippen LogP contribution in [0.5, 0.6) is 5.88 Å². The van der Waals surface area contributed by atoms with Gasteiger partial charge in [0.05, 0.1) is 0 Å². The molecular formula is C11H10NO2. The summed E-state index contributed by atoms with van der Waals surface area (Å²) in [7, 11) is 0. The Labute approximate surface area is 82.3 Å². The minimum atomic E-state index is 0.471. The molecule has 2 aromatic rings. The quantitative estimate of drug-likeness (QED) is 0.742. The maximum Gasteiger partial charge on any atom is 0.254 e. The zero-order valence-electron chi connectivity index (χ0n) is 7.64. The number of hydrogen-bond acceptors (Lipinski definition) is 3. The lowest BCUT2D eigenvalue weighted by Gasteiger charge is -2.00. The maximum absolute atomic E-state index is 5.37. The Morgan fingerprint density at radius 2 is 2.07 bits per heavy atom. The molecule has 71 valence electrons. The summed E-state index contributed by atoms with van der Waals surface area (Å²) < 4.78 is 10.1. The van der Waals surface area contributed by atoms with Crippen molar-refractivity contribution in [1.82, 2.24) is 5.16 Å². The van der Waals surface area contributed by atoms with Crippen molar-refractivity contribution in [3.63, 3.8) is 0 Å². The summed E-state index contributed by atoms with van der Waals surface area (Å²) >= 11 is 0. The molecule has 2 rings (SSSR count). The fourth-order valence-corrected chi connectivity index (χ4v) is 1.09. The molecule has 0 saturated carbocycles. The predicted molar refractivity (Wildman–Crippen MR) is 51.7 cm³/mol. The van der Waals surface area contributed by atoms with Gasteiger partial charge in [-0.2, -0.15) is 0 Å². The van der Waals surface area contributed by atoms with Crippen molar-refractivity contribution >= 4 is 0 Å². The minimum Gasteiger partial charge on any atom is -0.471 e. The SMILES string of the molecule is [CH2]c1cc(OCc2ccccc2)no1. The topological polar surface area (TPSA) is 35.3 Å². The lowest BCUT2D eigenvalue weighted by Crippen LogP contribution is -1.94. The van der Waals surface area contributed by atoms with Crippen molar-refractivity contribution in [3.8, 4) is 5.88 Å². The van der Waals surface area contributed by atoms with Gasteiger partial charge in [0.25, 0.3) is 5.88 Å². The van der Waals surface area contributed by atoms with Crippen molar-refractivity contribution < 1.29 is 9.26 Å². The third kappa shape index (κ3) is 2.13. The van der Waals surface area contributed by atoms with E-state index in [9.17, 15) is 0 Å². The van der Waals surface area contributed by atoms with Gasteiger partial charge in [-0.15, -0.1) is 0 Å². The zero-order chi connectivity index (χ0) is 9.80. The minimum absolute atomic E-state index is 0.471. The van der Waals surface area contributed by atoms with Crippen LogP contribution in [0, 0.1) is 6.92 Å². The van der Waals surface area contributed by atoms with Gasteiger partial charge in [-0.25, -0.2) is 0 Å². The van der Waals surface area contributed by atoms with E-state index in [-0.39, 0.29) is 0 Å². The van der Waals surface area contributed by atoms with Crippen LogP contribution in [0.3, 0.4) is 0 Å². The number of ether oxygens (including phenoxy) is 1. The van der Waals surface area contributed by atoms with E-state index < -0.39 is 0 Å². The lowest BCUT2D eigenvalue weighted by atomic mass is 10.2. The first-order chi connectivity index (χ1) is 6.84. The highest BCUT2D eigenvalue weighted by atomic mass is 16.5. The van der Waals surface area contributed by atoms with Crippen molar-refractivity contribution in [2.24, 2.45) is 0 Å². The van der Waals surface area contributed by atoms with Gasteiger partial charge >= 0.3 is 0 Å². The third-order valence-corrected chi connectivity index (χ3v) is 1.77. The smallest absolute Gasteiger partial charge is 0.254 e. The summed E-state index contributed by atoms with van der Waals surface area (Å²) in [4.78, 5) is 0. The van der Waals surface area contributed by atoms with E-state index in [0.29, 0.717) is 18.2 Å². The van der Waals surface area contributed by atoms with E-state index in [1.54, 1.807) is 6.07 Å². The van der Waals surface area contributed by atoms with Gasteiger partial charge in [0.15, 0.2) is 0 Å². The highest BCUT2D eigenvalue weighted by Gasteiger charge is 2.00. The van der Waals surface area contributed by atoms with Gasteiger partial charge < -0.3 is 9.26 Å². The first-order valence-electron chi connectivity index (χ1n) is 4.30. The van der Waals surface area contributed by atoms with Crippen LogP contribution in [-0.4, -0.2) is 5.16 Å². The largest absolute Gasteiger partial charge is 0.471 e. The Morgan fingerprint density at radius 3 is 2.71 bits per heavy atom. The summed E-state index contributed by atoms with van der Waals surface area (Å²) in [5.74, 6) is 0.979. The fraction of sp³-hybridized carbons (Fsp3) is 0.0909. The molecule has 0 aliphatic carbocycles. The standard InChI is InChI=1S/C11H10NO2/c1-9-7-11(12-14-9)13-8-10-5-3-2-4-6-10/h2-7H,1,8H2. The monoisotopic (exact) mass is 188 g/mol. The molecule has 0 saturated heterocycles. The molecule has 3 nitrogen and oxygen atoms in total. The van der Waals surface area contributed by atoms with Crippen LogP contribution in [0.2, 0.25) is 0 Å². The average molecular weight is 188 g/mol. The Bertz CT molecular complexity index is 395. The molecule has 0 fully saturated rings. The van der Waals surface area contributed by atoms with E-state index in [0.717, 1.165) is 5.56 Å². The van der Waals surface area contributed by atoms with Crippen molar-refractivity contribution in [2.45, 2.75) is 6.61 Å². The molecule has 0 aliphatic rings. The van der Waals surface area contributed by atoms with Crippen LogP contribution in [-0.2, 0) is 6.61 Å². The molecule has 1 aromatic heterocycles. The van der Waals surface area contributed by atoms with E-state index in [1.165, 1.54) is 0 Å². The molecule has 0 atom stereocenters. The first kappa shape index (κ1) is 8.81. The molecule has 0 spiro atoms. The summed E-state index contributed by atoms with van der Waals surface area (Å²) in [6, 6.07) is 11.5. The molecule has 3 heteroatoms. The van der Waals surface area contributed by atoms with Crippen LogP contribution >= 0.6 is 0 Å². The predicted octanol–water partition coefficient (Wildman–Crippen LogP) is 2.44. The van der Waals surface area contributed by atoms with Crippen LogP contribution in [0.15, 0.2) is 40.9 Å². The van der Waals surface area contributed by atoms with Crippen molar-refractivity contribution in [3.05, 3.63) is 54.6 Å². The van der Waals surface area contributed by atoms with E-state index in [2.05, 4.69) is 12.1 Å². The molecule has 1 aromatic carbocycles. The Morgan fingerprint density at radius 1 is 1.29 bits per heavy atom. The molecule has 0 bridgehead atoms. The number of aromatic nitrogens is 1. The van der Waals surface area contributed by atoms with Crippen LogP contribution < -0.4 is 4.74 Å². The van der Waals surface area contributed by atoms with Gasteiger partial charge in [-0.1, -0.05) is 30.3 Å². The van der Waals surface area contributed by atoms with Gasteiger partial charge in [-0.3, -0.25) is 0 Å². The summed E-state index contributed by atoms with van der Waals surface area (Å²) in [6.45, 7) is 4.08. The molecule has 1 radical (unpaired) electrons. The third-order valence-electron chi connectivity index (χ3n) is 1.77. The lowest BCUT2D eigenvalue weighted by molar-refractivity contribution is 0.268. The Balaban J connectivity index is 1.95. The fourth-order valence-electron chi connectivity index (χ4n) is 1.09. The summed E-state index contributed by atoms with van der Waals surface area (Å²) in [5.41, 5.74) is 1.10. The van der Waals surface area contributed by atoms with Gasteiger partial charge in [0, 0.05) is 13.0 Å².